The Hall–Kier alpha value is -1.31. The minimum Gasteiger partial charge on any atom is -0.493 e. The first-order chi connectivity index (χ1) is 9.75. The van der Waals surface area contributed by atoms with Crippen LogP contribution < -0.4 is 4.74 Å². The van der Waals surface area contributed by atoms with Gasteiger partial charge in [-0.15, -0.1) is 0 Å². The van der Waals surface area contributed by atoms with Crippen molar-refractivity contribution < 1.29 is 9.53 Å². The first-order valence-electron chi connectivity index (χ1n) is 8.06. The van der Waals surface area contributed by atoms with Crippen LogP contribution in [0.25, 0.3) is 0 Å². The van der Waals surface area contributed by atoms with Crippen LogP contribution in [0.3, 0.4) is 0 Å². The number of rotatable bonds is 7. The summed E-state index contributed by atoms with van der Waals surface area (Å²) in [5.74, 6) is 1.63. The number of carbonyl (C=O) groups excluding carboxylic acids is 1. The van der Waals surface area contributed by atoms with Gasteiger partial charge in [0.1, 0.15) is 5.75 Å². The van der Waals surface area contributed by atoms with Gasteiger partial charge >= 0.3 is 0 Å². The molecular formula is C19H30O2. The summed E-state index contributed by atoms with van der Waals surface area (Å²) in [6.07, 6.45) is 2.63. The summed E-state index contributed by atoms with van der Waals surface area (Å²) in [5, 5.41) is 0. The van der Waals surface area contributed by atoms with E-state index in [4.69, 9.17) is 4.74 Å². The van der Waals surface area contributed by atoms with Crippen LogP contribution in [0.1, 0.15) is 76.7 Å². The van der Waals surface area contributed by atoms with Crippen LogP contribution >= 0.6 is 0 Å². The van der Waals surface area contributed by atoms with E-state index in [1.807, 2.05) is 18.2 Å². The molecule has 0 unspecified atom stereocenters. The van der Waals surface area contributed by atoms with E-state index in [9.17, 15) is 4.79 Å². The summed E-state index contributed by atoms with van der Waals surface area (Å²) in [5.41, 5.74) is 1.89. The molecule has 0 aliphatic carbocycles. The normalized spacial score (nSPS) is 11.8. The van der Waals surface area contributed by atoms with E-state index >= 15 is 0 Å². The third-order valence-corrected chi connectivity index (χ3v) is 3.44. The number of benzene rings is 1. The van der Waals surface area contributed by atoms with Crippen molar-refractivity contribution in [3.05, 3.63) is 29.3 Å². The lowest BCUT2D eigenvalue weighted by Gasteiger charge is -2.24. The Balaban J connectivity index is 3.04. The average molecular weight is 290 g/mol. The number of hydrogen-bond donors (Lipinski definition) is 0. The van der Waals surface area contributed by atoms with Crippen molar-refractivity contribution in [3.63, 3.8) is 0 Å². The SMILES string of the molecule is CCCCC(=O)c1ccc(OCC(C)C)c(C(C)(C)C)c1. The quantitative estimate of drug-likeness (QED) is 0.629. The fourth-order valence-corrected chi connectivity index (χ4v) is 2.15. The predicted molar refractivity (Wildman–Crippen MR) is 89.3 cm³/mol. The van der Waals surface area contributed by atoms with Crippen LogP contribution in [-0.4, -0.2) is 12.4 Å². The van der Waals surface area contributed by atoms with Gasteiger partial charge in [-0.1, -0.05) is 48.0 Å². The number of hydrogen-bond acceptors (Lipinski definition) is 2. The molecule has 1 rings (SSSR count). The third-order valence-electron chi connectivity index (χ3n) is 3.44. The Morgan fingerprint density at radius 1 is 1.24 bits per heavy atom. The fraction of sp³-hybridized carbons (Fsp3) is 0.632. The minimum absolute atomic E-state index is 0.0344. The molecule has 0 N–H and O–H groups in total. The highest BCUT2D eigenvalue weighted by molar-refractivity contribution is 5.96. The molecule has 0 amide bonds. The number of ketones is 1. The second kappa shape index (κ2) is 7.63. The average Bonchev–Trinajstić information content (AvgIpc) is 2.41. The number of carbonyl (C=O) groups is 1. The van der Waals surface area contributed by atoms with Crippen LogP contribution in [-0.2, 0) is 5.41 Å². The first kappa shape index (κ1) is 17.7. The molecule has 0 aromatic heterocycles. The fourth-order valence-electron chi connectivity index (χ4n) is 2.15. The second-order valence-electron chi connectivity index (χ2n) is 7.19. The molecule has 0 saturated heterocycles. The van der Waals surface area contributed by atoms with E-state index < -0.39 is 0 Å². The zero-order valence-electron chi connectivity index (χ0n) is 14.5. The zero-order valence-corrected chi connectivity index (χ0v) is 14.5. The van der Waals surface area contributed by atoms with Gasteiger partial charge in [0.05, 0.1) is 6.61 Å². The van der Waals surface area contributed by atoms with Crippen LogP contribution in [0, 0.1) is 5.92 Å². The standard InChI is InChI=1S/C19H30O2/c1-7-8-9-17(20)15-10-11-18(21-13-14(2)3)16(12-15)19(4,5)6/h10-12,14H,7-9,13H2,1-6H3. The maximum atomic E-state index is 12.2. The summed E-state index contributed by atoms with van der Waals surface area (Å²) in [6.45, 7) is 13.6. The van der Waals surface area contributed by atoms with Gasteiger partial charge < -0.3 is 4.74 Å². The van der Waals surface area contributed by atoms with Crippen LogP contribution in [0.5, 0.6) is 5.75 Å². The lowest BCUT2D eigenvalue weighted by molar-refractivity contribution is 0.0979. The maximum absolute atomic E-state index is 12.2. The molecule has 0 fully saturated rings. The Morgan fingerprint density at radius 3 is 2.43 bits per heavy atom. The molecule has 1 aromatic rings. The molecule has 2 heteroatoms. The van der Waals surface area contributed by atoms with Crippen molar-refractivity contribution >= 4 is 5.78 Å². The second-order valence-corrected chi connectivity index (χ2v) is 7.19. The molecule has 0 aliphatic rings. The van der Waals surface area contributed by atoms with Gasteiger partial charge in [0, 0.05) is 17.5 Å². The lowest BCUT2D eigenvalue weighted by atomic mass is 9.84. The zero-order chi connectivity index (χ0) is 16.0. The van der Waals surface area contributed by atoms with Crippen molar-refractivity contribution in [2.45, 2.75) is 66.2 Å². The summed E-state index contributed by atoms with van der Waals surface area (Å²) in [4.78, 5) is 12.2. The lowest BCUT2D eigenvalue weighted by Crippen LogP contribution is -2.16. The highest BCUT2D eigenvalue weighted by Crippen LogP contribution is 2.33. The number of ether oxygens (including phenoxy) is 1. The van der Waals surface area contributed by atoms with Gasteiger partial charge in [-0.25, -0.2) is 0 Å². The predicted octanol–water partition coefficient (Wildman–Crippen LogP) is 5.39. The highest BCUT2D eigenvalue weighted by Gasteiger charge is 2.21. The number of unbranched alkanes of at least 4 members (excludes halogenated alkanes) is 1. The van der Waals surface area contributed by atoms with Crippen molar-refractivity contribution in [1.29, 1.82) is 0 Å². The third kappa shape index (κ3) is 5.53. The van der Waals surface area contributed by atoms with E-state index in [1.165, 1.54) is 0 Å². The van der Waals surface area contributed by atoms with E-state index in [-0.39, 0.29) is 11.2 Å². The number of Topliss-reactive ketones (excluding diaryl/α,β-unsaturated/α-hetero) is 1. The van der Waals surface area contributed by atoms with Gasteiger partial charge in [-0.05, 0) is 36.0 Å². The molecule has 21 heavy (non-hydrogen) atoms. The Kier molecular flexibility index (Phi) is 6.44. The maximum Gasteiger partial charge on any atom is 0.162 e. The molecule has 0 bridgehead atoms. The topological polar surface area (TPSA) is 26.3 Å². The van der Waals surface area contributed by atoms with Gasteiger partial charge in [-0.3, -0.25) is 4.79 Å². The molecule has 118 valence electrons. The van der Waals surface area contributed by atoms with Crippen LogP contribution in [0.2, 0.25) is 0 Å². The van der Waals surface area contributed by atoms with Crippen molar-refractivity contribution in [1.82, 2.24) is 0 Å². The van der Waals surface area contributed by atoms with E-state index in [0.29, 0.717) is 18.9 Å². The molecule has 0 heterocycles. The molecule has 2 nitrogen and oxygen atoms in total. The van der Waals surface area contributed by atoms with E-state index in [2.05, 4.69) is 41.5 Å². The van der Waals surface area contributed by atoms with Crippen molar-refractivity contribution in [2.24, 2.45) is 5.92 Å². The summed E-state index contributed by atoms with van der Waals surface area (Å²) in [6, 6.07) is 5.89. The van der Waals surface area contributed by atoms with Gasteiger partial charge in [0.15, 0.2) is 5.78 Å². The molecule has 0 radical (unpaired) electrons. The summed E-state index contributed by atoms with van der Waals surface area (Å²) >= 11 is 0. The van der Waals surface area contributed by atoms with Crippen LogP contribution in [0.15, 0.2) is 18.2 Å². The monoisotopic (exact) mass is 290 g/mol. The molecule has 0 atom stereocenters. The Morgan fingerprint density at radius 2 is 1.90 bits per heavy atom. The molecule has 0 aliphatic heterocycles. The van der Waals surface area contributed by atoms with Crippen molar-refractivity contribution in [3.8, 4) is 5.75 Å². The smallest absolute Gasteiger partial charge is 0.162 e. The van der Waals surface area contributed by atoms with Gasteiger partial charge in [0.2, 0.25) is 0 Å². The molecular weight excluding hydrogens is 260 g/mol. The molecule has 0 spiro atoms. The summed E-state index contributed by atoms with van der Waals surface area (Å²) < 4.78 is 5.93. The molecule has 1 aromatic carbocycles. The van der Waals surface area contributed by atoms with E-state index in [0.717, 1.165) is 29.7 Å². The van der Waals surface area contributed by atoms with Crippen LogP contribution in [0.4, 0.5) is 0 Å². The van der Waals surface area contributed by atoms with Gasteiger partial charge in [-0.2, -0.15) is 0 Å². The Bertz CT molecular complexity index is 467. The van der Waals surface area contributed by atoms with Crippen molar-refractivity contribution in [2.75, 3.05) is 6.61 Å². The van der Waals surface area contributed by atoms with E-state index in [1.54, 1.807) is 0 Å². The summed E-state index contributed by atoms with van der Waals surface area (Å²) in [7, 11) is 0. The first-order valence-corrected chi connectivity index (χ1v) is 8.06. The highest BCUT2D eigenvalue weighted by atomic mass is 16.5. The molecule has 0 saturated carbocycles. The largest absolute Gasteiger partial charge is 0.493 e. The Labute approximate surface area is 129 Å². The van der Waals surface area contributed by atoms with Gasteiger partial charge in [0.25, 0.3) is 0 Å². The minimum atomic E-state index is -0.0344.